The molecule has 0 aliphatic heterocycles. The van der Waals surface area contributed by atoms with Crippen LogP contribution in [0.5, 0.6) is 0 Å². The average molecular weight is 306 g/mol. The molecule has 0 atom stereocenters. The molecule has 0 unspecified atom stereocenters. The molecule has 20 heavy (non-hydrogen) atoms. The molecule has 0 radical (unpaired) electrons. The summed E-state index contributed by atoms with van der Waals surface area (Å²) in [6.07, 6.45) is 4.39. The smallest absolute Gasteiger partial charge is 0.263 e. The van der Waals surface area contributed by atoms with Crippen LogP contribution in [0, 0.1) is 4.77 Å². The Balaban J connectivity index is 1.97. The fourth-order valence-electron chi connectivity index (χ4n) is 2.66. The maximum Gasteiger partial charge on any atom is 0.263 e. The zero-order valence-electron chi connectivity index (χ0n) is 10.4. The quantitative estimate of drug-likeness (QED) is 0.733. The van der Waals surface area contributed by atoms with Crippen LogP contribution in [-0.4, -0.2) is 19.7 Å². The largest absolute Gasteiger partial charge is 0.343 e. The summed E-state index contributed by atoms with van der Waals surface area (Å²) in [7, 11) is 0. The van der Waals surface area contributed by atoms with E-state index in [0.29, 0.717) is 10.6 Å². The Morgan fingerprint density at radius 3 is 3.20 bits per heavy atom. The molecular weight excluding hydrogens is 296 g/mol. The van der Waals surface area contributed by atoms with Crippen molar-refractivity contribution in [1.29, 1.82) is 0 Å². The van der Waals surface area contributed by atoms with E-state index < -0.39 is 0 Å². The van der Waals surface area contributed by atoms with E-state index in [9.17, 15) is 4.79 Å². The number of nitrogens with zero attached hydrogens (tertiary/aromatic N) is 3. The Morgan fingerprint density at radius 2 is 2.40 bits per heavy atom. The summed E-state index contributed by atoms with van der Waals surface area (Å²) in [6, 6.07) is 0. The first kappa shape index (κ1) is 12.0. The summed E-state index contributed by atoms with van der Waals surface area (Å²) in [5.41, 5.74) is 1.12. The molecule has 0 saturated carbocycles. The van der Waals surface area contributed by atoms with Crippen LogP contribution in [0.25, 0.3) is 10.2 Å². The molecule has 1 N–H and O–H groups in total. The molecule has 3 aromatic rings. The standard InChI is InChI=1S/C12H10N4O2S2/c17-11-9-6-2-1-3-7(6)20-10(9)14-12(19)16(11)4-8-13-5-18-15-8/h5H,1-4H2,(H,14,19). The maximum absolute atomic E-state index is 12.7. The molecule has 8 heteroatoms. The Kier molecular flexibility index (Phi) is 2.61. The highest BCUT2D eigenvalue weighted by molar-refractivity contribution is 7.71. The summed E-state index contributed by atoms with van der Waals surface area (Å²) in [4.78, 5) is 22.0. The number of aromatic nitrogens is 4. The fraction of sp³-hybridized carbons (Fsp3) is 0.333. The summed E-state index contributed by atoms with van der Waals surface area (Å²) < 4.78 is 6.58. The topological polar surface area (TPSA) is 76.7 Å². The predicted molar refractivity (Wildman–Crippen MR) is 76.7 cm³/mol. The van der Waals surface area contributed by atoms with Crippen molar-refractivity contribution in [3.63, 3.8) is 0 Å². The third kappa shape index (κ3) is 1.68. The van der Waals surface area contributed by atoms with Gasteiger partial charge >= 0.3 is 0 Å². The van der Waals surface area contributed by atoms with Crippen molar-refractivity contribution in [2.75, 3.05) is 0 Å². The highest BCUT2D eigenvalue weighted by atomic mass is 32.1. The van der Waals surface area contributed by atoms with Crippen LogP contribution in [0.15, 0.2) is 15.7 Å². The Morgan fingerprint density at radius 1 is 1.50 bits per heavy atom. The van der Waals surface area contributed by atoms with Crippen molar-refractivity contribution >= 4 is 33.8 Å². The zero-order valence-corrected chi connectivity index (χ0v) is 12.0. The van der Waals surface area contributed by atoms with Crippen LogP contribution in [0.1, 0.15) is 22.7 Å². The molecule has 3 heterocycles. The molecule has 1 aliphatic carbocycles. The minimum absolute atomic E-state index is 0.0621. The fourth-order valence-corrected chi connectivity index (χ4v) is 4.25. The molecule has 3 aromatic heterocycles. The van der Waals surface area contributed by atoms with Crippen LogP contribution in [0.3, 0.4) is 0 Å². The molecule has 6 nitrogen and oxygen atoms in total. The van der Waals surface area contributed by atoms with Crippen LogP contribution in [-0.2, 0) is 19.4 Å². The Bertz CT molecular complexity index is 904. The van der Waals surface area contributed by atoms with Gasteiger partial charge in [0.15, 0.2) is 10.6 Å². The second-order valence-electron chi connectivity index (χ2n) is 4.73. The van der Waals surface area contributed by atoms with Gasteiger partial charge in [0, 0.05) is 4.88 Å². The number of aromatic amines is 1. The minimum atomic E-state index is -0.0621. The van der Waals surface area contributed by atoms with E-state index in [-0.39, 0.29) is 12.1 Å². The van der Waals surface area contributed by atoms with Crippen LogP contribution in [0.2, 0.25) is 0 Å². The number of hydrogen-bond acceptors (Lipinski definition) is 6. The lowest BCUT2D eigenvalue weighted by atomic mass is 10.2. The molecule has 0 aromatic carbocycles. The first-order valence-electron chi connectivity index (χ1n) is 6.26. The van der Waals surface area contributed by atoms with Crippen LogP contribution >= 0.6 is 23.6 Å². The van der Waals surface area contributed by atoms with E-state index in [1.54, 1.807) is 11.3 Å². The second kappa shape index (κ2) is 4.35. The number of hydrogen-bond donors (Lipinski definition) is 1. The van der Waals surface area contributed by atoms with Gasteiger partial charge in [-0.05, 0) is 37.0 Å². The molecule has 0 amide bonds. The Hall–Kier alpha value is -1.80. The van der Waals surface area contributed by atoms with Gasteiger partial charge < -0.3 is 9.51 Å². The lowest BCUT2D eigenvalue weighted by molar-refractivity contribution is 0.407. The lowest BCUT2D eigenvalue weighted by Gasteiger charge is -2.04. The van der Waals surface area contributed by atoms with Gasteiger partial charge in [0.1, 0.15) is 4.83 Å². The second-order valence-corrected chi connectivity index (χ2v) is 6.22. The van der Waals surface area contributed by atoms with Gasteiger partial charge in [-0.3, -0.25) is 9.36 Å². The van der Waals surface area contributed by atoms with Crippen LogP contribution < -0.4 is 5.56 Å². The number of aryl methyl sites for hydroxylation is 2. The van der Waals surface area contributed by atoms with Crippen molar-refractivity contribution < 1.29 is 4.52 Å². The summed E-state index contributed by atoms with van der Waals surface area (Å²) >= 11 is 6.92. The monoisotopic (exact) mass is 306 g/mol. The first-order valence-corrected chi connectivity index (χ1v) is 7.49. The summed E-state index contributed by atoms with van der Waals surface area (Å²) in [5.74, 6) is 0.442. The molecule has 1 aliphatic rings. The van der Waals surface area contributed by atoms with Gasteiger partial charge in [-0.15, -0.1) is 11.3 Å². The van der Waals surface area contributed by atoms with Crippen molar-refractivity contribution in [2.45, 2.75) is 25.8 Å². The zero-order chi connectivity index (χ0) is 13.7. The van der Waals surface area contributed by atoms with Crippen LogP contribution in [0.4, 0.5) is 0 Å². The van der Waals surface area contributed by atoms with Gasteiger partial charge in [0.05, 0.1) is 11.9 Å². The van der Waals surface area contributed by atoms with Crippen molar-refractivity contribution in [1.82, 2.24) is 19.7 Å². The van der Waals surface area contributed by atoms with Crippen molar-refractivity contribution in [3.05, 3.63) is 37.8 Å². The average Bonchev–Trinajstić information content (AvgIpc) is 3.09. The first-order chi connectivity index (χ1) is 9.74. The third-order valence-electron chi connectivity index (χ3n) is 3.55. The van der Waals surface area contributed by atoms with E-state index in [0.717, 1.165) is 29.5 Å². The predicted octanol–water partition coefficient (Wildman–Crippen LogP) is 2.04. The normalized spacial score (nSPS) is 14.0. The van der Waals surface area contributed by atoms with Gasteiger partial charge in [0.2, 0.25) is 6.39 Å². The summed E-state index contributed by atoms with van der Waals surface area (Å²) in [6.45, 7) is 0.227. The molecular formula is C12H10N4O2S2. The molecule has 102 valence electrons. The lowest BCUT2D eigenvalue weighted by Crippen LogP contribution is -2.23. The molecule has 4 rings (SSSR count). The highest BCUT2D eigenvalue weighted by Crippen LogP contribution is 2.34. The van der Waals surface area contributed by atoms with Crippen molar-refractivity contribution in [3.8, 4) is 0 Å². The van der Waals surface area contributed by atoms with Gasteiger partial charge in [-0.2, -0.15) is 4.98 Å². The molecule has 0 bridgehead atoms. The van der Waals surface area contributed by atoms with E-state index in [4.69, 9.17) is 16.7 Å². The van der Waals surface area contributed by atoms with E-state index in [2.05, 4.69) is 15.1 Å². The molecule has 0 saturated heterocycles. The maximum atomic E-state index is 12.7. The number of rotatable bonds is 2. The van der Waals surface area contributed by atoms with Gasteiger partial charge in [0.25, 0.3) is 5.56 Å². The number of nitrogens with one attached hydrogen (secondary N) is 1. The molecule has 0 fully saturated rings. The minimum Gasteiger partial charge on any atom is -0.343 e. The number of thiophene rings is 1. The van der Waals surface area contributed by atoms with E-state index in [1.807, 2.05) is 0 Å². The number of H-pyrrole nitrogens is 1. The highest BCUT2D eigenvalue weighted by Gasteiger charge is 2.21. The Labute approximate surface area is 122 Å². The SMILES string of the molecule is O=c1c2c3c(sc2[nH]c(=S)n1Cc1ncon1)CCC3. The van der Waals surface area contributed by atoms with E-state index >= 15 is 0 Å². The van der Waals surface area contributed by atoms with Crippen molar-refractivity contribution in [2.24, 2.45) is 0 Å². The van der Waals surface area contributed by atoms with E-state index in [1.165, 1.54) is 21.4 Å². The van der Waals surface area contributed by atoms with Gasteiger partial charge in [-0.1, -0.05) is 5.16 Å². The third-order valence-corrected chi connectivity index (χ3v) is 5.08. The molecule has 0 spiro atoms. The summed E-state index contributed by atoms with van der Waals surface area (Å²) in [5, 5.41) is 4.51. The number of fused-ring (bicyclic) bond motifs is 3. The van der Waals surface area contributed by atoms with Gasteiger partial charge in [-0.25, -0.2) is 0 Å².